The summed E-state index contributed by atoms with van der Waals surface area (Å²) in [6.45, 7) is -52.1. The molecule has 112 heavy (non-hydrogen) atoms. The van der Waals surface area contributed by atoms with Gasteiger partial charge < -0.3 is 103 Å². The molecule has 7 saturated heterocycles. The number of nitrogens with one attached hydrogen (secondary N) is 7. The lowest BCUT2D eigenvalue weighted by molar-refractivity contribution is 0.104. The molecule has 7 unspecified atom stereocenters. The lowest BCUT2D eigenvalue weighted by Crippen LogP contribution is -2.21. The molecule has 14 rings (SSSR count). The van der Waals surface area contributed by atoms with Gasteiger partial charge in [-0.1, -0.05) is 42.4 Å². The number of amides is 7. The number of hydrogen-bond donors (Lipinski definition) is 7. The van der Waals surface area contributed by atoms with E-state index in [2.05, 4.69) is 33.2 Å². The highest BCUT2D eigenvalue weighted by molar-refractivity contribution is 5.72. The average Bonchev–Trinajstić information content (AvgIpc) is 1.55. The zero-order valence-corrected chi connectivity index (χ0v) is 58.0. The molecule has 7 aliphatic rings. The van der Waals surface area contributed by atoms with Crippen LogP contribution in [-0.2, 0) is 33.2 Å². The van der Waals surface area contributed by atoms with Crippen LogP contribution < -0.4 is 70.3 Å². The van der Waals surface area contributed by atoms with Crippen LogP contribution in [0.2, 0.25) is 9.88 Å². The number of cyclic esters (lactones) is 7. The SMILES string of the molecule is [2H]N1C(=O)OC([2H])(C([2H])([2H])Oc2cc(C([2H])([2H])[2H])cc(C([2H])([2H])[2H])c2)C1([2H])[2H].[2H]N1C(=O)OC([2H])(C([2H])([2H])Oc2cc(C)cc(C)c2)C1([2H])[2H].[2H]N1C(=O)OC([2H])(COc2cc(C([2H])([2H])[2H])cc(C([2H])([2H])[2H])c2)C1([2H])[2H].[2H]c1c(C)c([2H])c(OC([2H])([2H])C2([2H])OC(=O)N([2H])C2([2H])[2H])c([2H])c1C.[2H]c1c(C)c([2H])c(OCC2([2H])OC(=O)N([2H])C2([2H])[2H])c([2H])c1C.[2H]c1c(OC([2H])([2H])C2([2H])OC(=O)N([2H])C2([2H])[2H])c([2H])c(C([2H])([2H])[2H])c([2H])c1C([2H])([2H])[2H].[2H]c1c(OCC2([2H])OC(=O)N([2H])C2([2H])[2H])c([2H])c(C([2H])([2H])[2H])c([2H])c1C([2H])([2H])[2H]. The number of carbonyl (C=O) groups excluding carboxylic acids is 7. The second-order valence-corrected chi connectivity index (χ2v) is 21.0. The first-order chi connectivity index (χ1) is 81.9. The molecular weight excluding hydrogens is 1440 g/mol. The van der Waals surface area contributed by atoms with Crippen molar-refractivity contribution in [1.29, 1.82) is 0 Å². The Hall–Kier alpha value is -12.0. The standard InChI is InChI=1S/7C12H15NO3/c7*1-8-3-9(2)5-10(4-8)15-7-11-6-13-12(14)16-11/h7*3-5,11H,6-7H2,1-2H3,(H,13,14)/i1D3,2D3,3D,4D,5D,6D2,7D2,11D;1D3,2D3,3D,4D,5D,6D2,11D;3D,4D,5D,6D2,7D2,11D;3D,4D,5D,6D2,11D;1D3,2D3,6D2,7D2,11D;1D3,2D3,6D2,11D;6D2,7D2,11D/hD7. The van der Waals surface area contributed by atoms with Crippen molar-refractivity contribution in [2.24, 2.45) is 0 Å². The minimum Gasteiger partial charge on any atom is -0.490 e. The zero-order chi connectivity index (χ0) is 144. The van der Waals surface area contributed by atoms with E-state index >= 15 is 0 Å². The van der Waals surface area contributed by atoms with Gasteiger partial charge in [0.25, 0.3) is 0 Å². The average molecular weight is 1620 g/mol. The van der Waals surface area contributed by atoms with Crippen molar-refractivity contribution < 1.29 is 199 Å². The van der Waals surface area contributed by atoms with E-state index in [1.165, 1.54) is 39.8 Å². The lowest BCUT2D eigenvalue weighted by Gasteiger charge is -2.11. The topological polar surface area (TPSA) is 333 Å². The normalized spacial score (nSPS) is 38.3. The van der Waals surface area contributed by atoms with Crippen molar-refractivity contribution in [1.82, 2.24) is 37.2 Å². The smallest absolute Gasteiger partial charge is 0.407 e. The maximum absolute atomic E-state index is 11.5. The molecule has 602 valence electrons. The number of ether oxygens (including phenoxy) is 14. The van der Waals surface area contributed by atoms with Crippen LogP contribution in [0.1, 0.15) is 167 Å². The Labute approximate surface area is 755 Å². The summed E-state index contributed by atoms with van der Waals surface area (Å²) in [6.07, 6.45) is -31.8. The molecule has 0 aliphatic carbocycles. The van der Waals surface area contributed by atoms with Gasteiger partial charge >= 0.3 is 42.7 Å². The van der Waals surface area contributed by atoms with E-state index in [0.29, 0.717) is 0 Å². The number of benzene rings is 7. The van der Waals surface area contributed by atoms with Crippen LogP contribution in [0, 0.1) is 96.4 Å². The molecule has 7 aromatic carbocycles. The Morgan fingerprint density at radius 1 is 0.286 bits per heavy atom. The third-order valence-corrected chi connectivity index (χ3v) is 11.7. The first-order valence-electron chi connectivity index (χ1n) is 66.2. The summed E-state index contributed by atoms with van der Waals surface area (Å²) in [5, 5.41) is -1.84. The van der Waals surface area contributed by atoms with E-state index in [1.807, 2.05) is 6.07 Å². The maximum Gasteiger partial charge on any atom is 0.407 e. The highest BCUT2D eigenvalue weighted by Gasteiger charge is 2.28. The van der Waals surface area contributed by atoms with Gasteiger partial charge in [0.15, 0.2) is 52.4 Å². The first-order valence-corrected chi connectivity index (χ1v) is 30.5. The number of aryl methyl sites for hydroxylation is 6. The van der Waals surface area contributed by atoms with E-state index in [9.17, 15) is 33.6 Å². The second-order valence-electron chi connectivity index (χ2n) is 21.0. The van der Waals surface area contributed by atoms with Crippen LogP contribution in [0.15, 0.2) is 127 Å². The van der Waals surface area contributed by atoms with Gasteiger partial charge in [-0.05, 0) is 259 Å². The van der Waals surface area contributed by atoms with Crippen LogP contribution in [0.25, 0.3) is 0 Å². The predicted molar refractivity (Wildman–Crippen MR) is 418 cm³/mol. The molecule has 7 amide bonds. The summed E-state index contributed by atoms with van der Waals surface area (Å²) in [4.78, 5) is 79.8. The fourth-order valence-electron chi connectivity index (χ4n) is 7.79. The molecule has 7 aromatic rings. The van der Waals surface area contributed by atoms with E-state index in [0.717, 1.165) is 47.5 Å². The van der Waals surface area contributed by atoms with E-state index in [-0.39, 0.29) is 107 Å². The van der Waals surface area contributed by atoms with Gasteiger partial charge in [0, 0.05) is 32.9 Å². The molecule has 7 N–H and O–H groups in total. The number of hydrogen-bond acceptors (Lipinski definition) is 21. The third-order valence-electron chi connectivity index (χ3n) is 11.7. The minimum absolute atomic E-state index is 0.0351. The van der Waals surface area contributed by atoms with Gasteiger partial charge in [0.05, 0.1) is 102 Å². The van der Waals surface area contributed by atoms with E-state index < -0.39 is 342 Å². The fraction of sp³-hybridized carbons (Fsp3) is 0.417. The van der Waals surface area contributed by atoms with Crippen molar-refractivity contribution in [2.45, 2.75) is 139 Å². The molecule has 7 atom stereocenters. The van der Waals surface area contributed by atoms with Crippen molar-refractivity contribution in [2.75, 3.05) is 91.5 Å². The van der Waals surface area contributed by atoms with Crippen LogP contribution in [0.5, 0.6) is 40.2 Å². The number of rotatable bonds is 21. The zero-order valence-electron chi connectivity index (χ0n) is 130. The second kappa shape index (κ2) is 42.8. The summed E-state index contributed by atoms with van der Waals surface area (Å²) in [5.41, 5.74) is -3.59. The van der Waals surface area contributed by atoms with Crippen LogP contribution >= 0.6 is 0 Å². The molecule has 7 heterocycles. The minimum atomic E-state index is -3.75. The molecule has 0 spiro atoms. The summed E-state index contributed by atoms with van der Waals surface area (Å²) in [6, 6.07) is 2.22. The lowest BCUT2D eigenvalue weighted by atomic mass is 10.1. The molecule has 0 aromatic heterocycles. The van der Waals surface area contributed by atoms with Gasteiger partial charge in [0.2, 0.25) is 0 Å². The van der Waals surface area contributed by atoms with Crippen molar-refractivity contribution in [3.8, 4) is 40.2 Å². The molecule has 7 aliphatic heterocycles. The maximum atomic E-state index is 11.5. The Bertz CT molecular complexity index is 7610. The van der Waals surface area contributed by atoms with Crippen LogP contribution in [-0.4, -0.2) is 177 Å². The molecule has 7 fully saturated rings. The monoisotopic (exact) mass is 1620 g/mol. The predicted octanol–water partition coefficient (Wildman–Crippen LogP) is 12.5. The van der Waals surface area contributed by atoms with Gasteiger partial charge in [-0.15, -0.1) is 0 Å². The van der Waals surface area contributed by atoms with Gasteiger partial charge in [-0.25, -0.2) is 33.6 Å². The van der Waals surface area contributed by atoms with E-state index in [1.54, 1.807) is 13.8 Å². The molecular formula is C84H105N7O21. The summed E-state index contributed by atoms with van der Waals surface area (Å²) in [5.74, 6) is -3.89. The fourth-order valence-corrected chi connectivity index (χ4v) is 7.79. The van der Waals surface area contributed by atoms with Crippen LogP contribution in [0.3, 0.4) is 0 Å². The van der Waals surface area contributed by atoms with Crippen molar-refractivity contribution in [3.63, 3.8) is 0 Å². The Kier molecular flexibility index (Phi) is 11.7. The summed E-state index contributed by atoms with van der Waals surface area (Å²) in [7, 11) is 0. The molecule has 0 saturated carbocycles. The number of alkyl carbamates (subject to hydrolysis) is 7. The third kappa shape index (κ3) is 31.9. The van der Waals surface area contributed by atoms with E-state index in [4.69, 9.17) is 132 Å². The summed E-state index contributed by atoms with van der Waals surface area (Å²) >= 11 is 0. The molecule has 0 bridgehead atoms. The highest BCUT2D eigenvalue weighted by Crippen LogP contribution is 2.24. The molecule has 28 heteroatoms. The first kappa shape index (κ1) is 30.6. The Morgan fingerprint density at radius 3 is 0.714 bits per heavy atom. The Morgan fingerprint density at radius 2 is 0.473 bits per heavy atom. The highest BCUT2D eigenvalue weighted by atomic mass is 16.6. The number of carbonyl (C=O) groups is 7. The van der Waals surface area contributed by atoms with Crippen LogP contribution in [0.4, 0.5) is 33.6 Å². The van der Waals surface area contributed by atoms with Crippen molar-refractivity contribution in [3.05, 3.63) is 205 Å². The van der Waals surface area contributed by atoms with Crippen molar-refractivity contribution >= 4 is 42.7 Å². The van der Waals surface area contributed by atoms with Gasteiger partial charge in [-0.2, -0.15) is 0 Å². The Balaban J connectivity index is 0.000000258. The summed E-state index contributed by atoms with van der Waals surface area (Å²) < 4.78 is 617. The molecule has 0 radical (unpaired) electrons. The van der Waals surface area contributed by atoms with Gasteiger partial charge in [-0.3, -0.25) is 0 Å². The quantitative estimate of drug-likeness (QED) is 0.0329. The van der Waals surface area contributed by atoms with Gasteiger partial charge in [0.1, 0.15) is 86.3 Å². The molecule has 28 nitrogen and oxygen atoms in total. The largest absolute Gasteiger partial charge is 0.490 e.